The number of aromatic nitrogens is 4. The minimum Gasteiger partial charge on any atom is -0.488 e. The predicted octanol–water partition coefficient (Wildman–Crippen LogP) is 7.55. The third-order valence-corrected chi connectivity index (χ3v) is 11.5. The molecule has 0 saturated carbocycles. The van der Waals surface area contributed by atoms with Gasteiger partial charge in [0.1, 0.15) is 36.1 Å². The van der Waals surface area contributed by atoms with Crippen molar-refractivity contribution in [2.45, 2.75) is 71.3 Å². The van der Waals surface area contributed by atoms with Gasteiger partial charge in [0.25, 0.3) is 0 Å². The lowest BCUT2D eigenvalue weighted by Crippen LogP contribution is -2.51. The largest absolute Gasteiger partial charge is 0.488 e. The Balaban J connectivity index is 1.02. The highest BCUT2D eigenvalue weighted by molar-refractivity contribution is 6.07. The van der Waals surface area contributed by atoms with Gasteiger partial charge in [-0.2, -0.15) is 0 Å². The molecule has 61 heavy (non-hydrogen) atoms. The van der Waals surface area contributed by atoms with Gasteiger partial charge in [0, 0.05) is 24.0 Å². The monoisotopic (exact) mass is 826 g/mol. The number of nitrogens with zero attached hydrogens (tertiary/aromatic N) is 4. The van der Waals surface area contributed by atoms with Gasteiger partial charge in [-0.1, -0.05) is 69.3 Å². The Hall–Kier alpha value is -6.90. The van der Waals surface area contributed by atoms with Gasteiger partial charge in [-0.25, -0.2) is 19.6 Å². The number of nitrogens with one attached hydrogen (secondary N) is 4. The number of fused-ring (bicyclic) bond motifs is 6. The third-order valence-electron chi connectivity index (χ3n) is 11.5. The van der Waals surface area contributed by atoms with Gasteiger partial charge in [0.15, 0.2) is 0 Å². The first-order chi connectivity index (χ1) is 29.6. The smallest absolute Gasteiger partial charge is 0.407 e. The molecule has 1 fully saturated rings. The van der Waals surface area contributed by atoms with E-state index in [2.05, 4.69) is 62.0 Å². The van der Waals surface area contributed by atoms with Gasteiger partial charge < -0.3 is 44.6 Å². The van der Waals surface area contributed by atoms with Crippen LogP contribution in [0.5, 0.6) is 5.75 Å². The normalized spacial score (nSPS) is 15.4. The molecule has 15 nitrogen and oxygen atoms in total. The highest BCUT2D eigenvalue weighted by Crippen LogP contribution is 2.43. The van der Waals surface area contributed by atoms with Crippen LogP contribution in [0.25, 0.3) is 44.2 Å². The van der Waals surface area contributed by atoms with Crippen molar-refractivity contribution in [3.63, 3.8) is 0 Å². The van der Waals surface area contributed by atoms with Crippen LogP contribution in [-0.2, 0) is 32.2 Å². The van der Waals surface area contributed by atoms with Crippen LogP contribution >= 0.6 is 0 Å². The summed E-state index contributed by atoms with van der Waals surface area (Å²) in [5, 5.41) is 7.36. The molecule has 4 aromatic carbocycles. The van der Waals surface area contributed by atoms with Crippen LogP contribution in [0, 0.1) is 5.92 Å². The molecule has 3 atom stereocenters. The standard InChI is InChI=1S/C46H50N8O7/c1-6-18-53(43(55)40(52-46(58)60-5)27-11-8-7-9-12-27)24-38-47-23-35(48-38)29-14-16-31-30(20-29)25-61-37-22-32-28(21-33(31)37)15-17-34-41(32)50-42(49-34)36-13-10-19-54(36)44(56)39(26(2)3)51-45(57)59-4/h7-9,11-12,14-17,20-23,26,36,39-40H,6,10,13,18-19,24-25H2,1-5H3,(H,47,48)(H,49,50)(H,51,57)(H,52,58). The summed E-state index contributed by atoms with van der Waals surface area (Å²) in [6, 6.07) is 21.8. The lowest BCUT2D eigenvalue weighted by molar-refractivity contribution is -0.135. The van der Waals surface area contributed by atoms with Crippen LogP contribution in [0.2, 0.25) is 0 Å². The van der Waals surface area contributed by atoms with E-state index >= 15 is 0 Å². The Morgan fingerprint density at radius 3 is 2.49 bits per heavy atom. The molecule has 0 bridgehead atoms. The maximum absolute atomic E-state index is 13.9. The zero-order valence-corrected chi connectivity index (χ0v) is 34.9. The summed E-state index contributed by atoms with van der Waals surface area (Å²) in [7, 11) is 2.56. The molecule has 2 aliphatic heterocycles. The average Bonchev–Trinajstić information content (AvgIpc) is 4.06. The summed E-state index contributed by atoms with van der Waals surface area (Å²) in [6.07, 6.45) is 2.74. The number of rotatable bonds is 12. The number of imidazole rings is 2. The van der Waals surface area contributed by atoms with Crippen molar-refractivity contribution in [1.82, 2.24) is 40.4 Å². The predicted molar refractivity (Wildman–Crippen MR) is 229 cm³/mol. The molecule has 0 aliphatic carbocycles. The number of amides is 4. The van der Waals surface area contributed by atoms with E-state index in [9.17, 15) is 19.2 Å². The maximum atomic E-state index is 13.9. The minimum atomic E-state index is -0.917. The summed E-state index contributed by atoms with van der Waals surface area (Å²) in [5.41, 5.74) is 7.13. The maximum Gasteiger partial charge on any atom is 0.407 e. The number of carbonyl (C=O) groups excluding carboxylic acids is 4. The number of methoxy groups -OCH3 is 2. The highest BCUT2D eigenvalue weighted by atomic mass is 16.5. The fraction of sp³-hybridized carbons (Fsp3) is 0.348. The van der Waals surface area contributed by atoms with E-state index in [-0.39, 0.29) is 30.3 Å². The number of carbonyl (C=O) groups is 4. The molecule has 4 N–H and O–H groups in total. The number of alkyl carbamates (subject to hydrolysis) is 2. The number of aromatic amines is 2. The van der Waals surface area contributed by atoms with Crippen LogP contribution < -0.4 is 15.4 Å². The first kappa shape index (κ1) is 40.9. The topological polar surface area (TPSA) is 184 Å². The number of hydrogen-bond donors (Lipinski definition) is 4. The van der Waals surface area contributed by atoms with Crippen LogP contribution in [0.1, 0.15) is 74.9 Å². The number of benzene rings is 4. The van der Waals surface area contributed by atoms with Crippen LogP contribution in [0.15, 0.2) is 79.0 Å². The zero-order valence-electron chi connectivity index (χ0n) is 34.9. The van der Waals surface area contributed by atoms with Crippen molar-refractivity contribution in [1.29, 1.82) is 0 Å². The molecule has 8 rings (SSSR count). The molecule has 316 valence electrons. The Bertz CT molecular complexity index is 2600. The number of likely N-dealkylation sites (tertiary alicyclic amines) is 1. The highest BCUT2D eigenvalue weighted by Gasteiger charge is 2.38. The second kappa shape index (κ2) is 17.4. The number of hydrogen-bond acceptors (Lipinski definition) is 9. The molecule has 2 aliphatic rings. The molecule has 4 heterocycles. The van der Waals surface area contributed by atoms with Gasteiger partial charge in [-0.3, -0.25) is 9.59 Å². The van der Waals surface area contributed by atoms with Crippen LogP contribution in [0.4, 0.5) is 9.59 Å². The quantitative estimate of drug-likeness (QED) is 0.0968. The van der Waals surface area contributed by atoms with Crippen molar-refractivity contribution >= 4 is 45.8 Å². The van der Waals surface area contributed by atoms with Crippen LogP contribution in [0.3, 0.4) is 0 Å². The summed E-state index contributed by atoms with van der Waals surface area (Å²) in [4.78, 5) is 72.1. The second-order valence-electron chi connectivity index (χ2n) is 15.8. The van der Waals surface area contributed by atoms with E-state index in [0.717, 1.165) is 68.3 Å². The molecule has 0 spiro atoms. The van der Waals surface area contributed by atoms with Crippen molar-refractivity contribution in [2.75, 3.05) is 27.3 Å². The third kappa shape index (κ3) is 8.19. The summed E-state index contributed by atoms with van der Waals surface area (Å²) in [6.45, 7) is 7.43. The summed E-state index contributed by atoms with van der Waals surface area (Å²) >= 11 is 0. The molecular weight excluding hydrogens is 777 g/mol. The fourth-order valence-electron chi connectivity index (χ4n) is 8.42. The van der Waals surface area contributed by atoms with E-state index in [4.69, 9.17) is 19.2 Å². The number of H-pyrrole nitrogens is 2. The molecular formula is C46H50N8O7. The molecule has 0 radical (unpaired) electrons. The molecule has 2 aromatic heterocycles. The van der Waals surface area contributed by atoms with Gasteiger partial charge in [0.05, 0.1) is 49.7 Å². The van der Waals surface area contributed by atoms with Gasteiger partial charge >= 0.3 is 12.2 Å². The number of ether oxygens (including phenoxy) is 3. The van der Waals surface area contributed by atoms with E-state index in [1.165, 1.54) is 14.2 Å². The van der Waals surface area contributed by atoms with Crippen molar-refractivity contribution in [2.24, 2.45) is 5.92 Å². The van der Waals surface area contributed by atoms with Crippen molar-refractivity contribution < 1.29 is 33.4 Å². The molecule has 4 amide bonds. The van der Waals surface area contributed by atoms with Crippen molar-refractivity contribution in [3.05, 3.63) is 102 Å². The second-order valence-corrected chi connectivity index (χ2v) is 15.8. The fourth-order valence-corrected chi connectivity index (χ4v) is 8.42. The molecule has 1 saturated heterocycles. The summed E-state index contributed by atoms with van der Waals surface area (Å²) < 4.78 is 16.0. The van der Waals surface area contributed by atoms with Crippen molar-refractivity contribution in [3.8, 4) is 28.1 Å². The minimum absolute atomic E-state index is 0.127. The van der Waals surface area contributed by atoms with E-state index in [1.54, 1.807) is 23.2 Å². The zero-order chi connectivity index (χ0) is 42.8. The average molecular weight is 827 g/mol. The van der Waals surface area contributed by atoms with Gasteiger partial charge in [0.2, 0.25) is 11.8 Å². The Labute approximate surface area is 353 Å². The first-order valence-corrected chi connectivity index (χ1v) is 20.7. The van der Waals surface area contributed by atoms with Gasteiger partial charge in [-0.15, -0.1) is 0 Å². The molecule has 6 aromatic rings. The molecule has 15 heteroatoms. The van der Waals surface area contributed by atoms with E-state index < -0.39 is 24.3 Å². The van der Waals surface area contributed by atoms with Crippen LogP contribution in [-0.4, -0.2) is 87.1 Å². The lowest BCUT2D eigenvalue weighted by atomic mass is 9.92. The first-order valence-electron chi connectivity index (χ1n) is 20.7. The van der Waals surface area contributed by atoms with E-state index in [0.29, 0.717) is 43.3 Å². The summed E-state index contributed by atoms with van der Waals surface area (Å²) in [5.74, 6) is 1.54. The molecule has 3 unspecified atom stereocenters. The SMILES string of the molecule is CCCN(Cc1ncc(-c2ccc3c(c2)COc2cc4c(ccc5[nH]c(C6CCCN6C(=O)C(NC(=O)OC)C(C)C)nc54)cc2-3)[nH]1)C(=O)C(NC(=O)OC)c1ccccc1. The lowest BCUT2D eigenvalue weighted by Gasteiger charge is -2.29. The van der Waals surface area contributed by atoms with Gasteiger partial charge in [-0.05, 0) is 77.1 Å². The Kier molecular flexibility index (Phi) is 11.6. The van der Waals surface area contributed by atoms with E-state index in [1.807, 2.05) is 49.9 Å². The Morgan fingerprint density at radius 2 is 1.74 bits per heavy atom. The Morgan fingerprint density at radius 1 is 0.951 bits per heavy atom.